The van der Waals surface area contributed by atoms with E-state index in [9.17, 15) is 13.2 Å². The lowest BCUT2D eigenvalue weighted by molar-refractivity contribution is -0.114. The Labute approximate surface area is 130 Å². The van der Waals surface area contributed by atoms with E-state index < -0.39 is 10.0 Å². The highest BCUT2D eigenvalue weighted by Crippen LogP contribution is 2.22. The van der Waals surface area contributed by atoms with Gasteiger partial charge in [-0.15, -0.1) is 0 Å². The highest BCUT2D eigenvalue weighted by Gasteiger charge is 2.17. The first kappa shape index (κ1) is 16.0. The Morgan fingerprint density at radius 1 is 1.00 bits per heavy atom. The number of sulfonamides is 1. The lowest BCUT2D eigenvalue weighted by Gasteiger charge is -2.12. The van der Waals surface area contributed by atoms with Crippen molar-refractivity contribution in [2.75, 3.05) is 10.0 Å². The molecule has 6 heteroatoms. The Morgan fingerprint density at radius 2 is 1.68 bits per heavy atom. The maximum Gasteiger partial charge on any atom is 0.262 e. The van der Waals surface area contributed by atoms with Crippen molar-refractivity contribution >= 4 is 27.3 Å². The number of carbonyl (C=O) groups is 1. The summed E-state index contributed by atoms with van der Waals surface area (Å²) >= 11 is 0. The number of benzene rings is 2. The molecule has 0 aliphatic carbocycles. The second kappa shape index (κ2) is 6.19. The van der Waals surface area contributed by atoms with Crippen LogP contribution < -0.4 is 10.0 Å². The molecule has 0 radical (unpaired) electrons. The molecule has 22 heavy (non-hydrogen) atoms. The van der Waals surface area contributed by atoms with Gasteiger partial charge in [-0.2, -0.15) is 0 Å². The molecule has 116 valence electrons. The van der Waals surface area contributed by atoms with E-state index in [4.69, 9.17) is 0 Å². The van der Waals surface area contributed by atoms with Gasteiger partial charge in [0.2, 0.25) is 5.91 Å². The van der Waals surface area contributed by atoms with Crippen molar-refractivity contribution in [1.82, 2.24) is 0 Å². The van der Waals surface area contributed by atoms with Gasteiger partial charge in [0.05, 0.1) is 10.6 Å². The number of hydrogen-bond acceptors (Lipinski definition) is 3. The molecular formula is C16H18N2O3S. The fourth-order valence-corrected chi connectivity index (χ4v) is 3.45. The van der Waals surface area contributed by atoms with Gasteiger partial charge in [0.25, 0.3) is 10.0 Å². The summed E-state index contributed by atoms with van der Waals surface area (Å²) in [5.74, 6) is -0.213. The highest BCUT2D eigenvalue weighted by atomic mass is 32.2. The van der Waals surface area contributed by atoms with Crippen LogP contribution in [0, 0.1) is 13.8 Å². The number of hydrogen-bond donors (Lipinski definition) is 2. The molecule has 0 saturated heterocycles. The molecule has 0 aliphatic heterocycles. The highest BCUT2D eigenvalue weighted by molar-refractivity contribution is 7.92. The van der Waals surface area contributed by atoms with Crippen molar-refractivity contribution in [3.63, 3.8) is 0 Å². The van der Waals surface area contributed by atoms with E-state index in [0.717, 1.165) is 5.56 Å². The zero-order valence-corrected chi connectivity index (χ0v) is 13.5. The number of rotatable bonds is 4. The number of amides is 1. The van der Waals surface area contributed by atoms with Crippen molar-refractivity contribution < 1.29 is 13.2 Å². The van der Waals surface area contributed by atoms with Crippen molar-refractivity contribution in [3.8, 4) is 0 Å². The number of aryl methyl sites for hydroxylation is 2. The summed E-state index contributed by atoms with van der Waals surface area (Å²) in [4.78, 5) is 11.3. The smallest absolute Gasteiger partial charge is 0.262 e. The van der Waals surface area contributed by atoms with Gasteiger partial charge >= 0.3 is 0 Å². The van der Waals surface area contributed by atoms with Crippen LogP contribution in [0.5, 0.6) is 0 Å². The summed E-state index contributed by atoms with van der Waals surface area (Å²) in [5.41, 5.74) is 2.48. The molecule has 2 aromatic rings. The molecule has 0 bridgehead atoms. The van der Waals surface area contributed by atoms with Gasteiger partial charge in [0.15, 0.2) is 0 Å². The van der Waals surface area contributed by atoms with Crippen LogP contribution in [0.4, 0.5) is 11.4 Å². The number of carbonyl (C=O) groups excluding carboxylic acids is 1. The van der Waals surface area contributed by atoms with Crippen molar-refractivity contribution in [3.05, 3.63) is 53.6 Å². The van der Waals surface area contributed by atoms with Gasteiger partial charge in [-0.25, -0.2) is 8.42 Å². The monoisotopic (exact) mass is 318 g/mol. The normalized spacial score (nSPS) is 11.0. The molecule has 2 aromatic carbocycles. The van der Waals surface area contributed by atoms with E-state index in [2.05, 4.69) is 10.0 Å². The van der Waals surface area contributed by atoms with Gasteiger partial charge in [-0.1, -0.05) is 18.2 Å². The molecule has 0 spiro atoms. The van der Waals surface area contributed by atoms with E-state index in [1.807, 2.05) is 13.0 Å². The fourth-order valence-electron chi connectivity index (χ4n) is 2.07. The Morgan fingerprint density at radius 3 is 2.36 bits per heavy atom. The summed E-state index contributed by atoms with van der Waals surface area (Å²) in [6, 6.07) is 11.8. The first-order valence-corrected chi connectivity index (χ1v) is 8.24. The van der Waals surface area contributed by atoms with Gasteiger partial charge < -0.3 is 5.32 Å². The average Bonchev–Trinajstić information content (AvgIpc) is 2.40. The standard InChI is InChI=1S/C16H18N2O3S/c1-11-7-8-12(2)16(9-11)22(20,21)18-15-6-4-5-14(10-15)17-13(3)19/h4-10,18H,1-3H3,(H,17,19). The van der Waals surface area contributed by atoms with Crippen LogP contribution in [0.2, 0.25) is 0 Å². The molecule has 0 aromatic heterocycles. The second-order valence-corrected chi connectivity index (χ2v) is 6.79. The molecule has 2 rings (SSSR count). The average molecular weight is 318 g/mol. The van der Waals surface area contributed by atoms with E-state index in [-0.39, 0.29) is 10.8 Å². The Bertz CT molecular complexity index is 814. The summed E-state index contributed by atoms with van der Waals surface area (Å²) < 4.78 is 27.6. The van der Waals surface area contributed by atoms with E-state index in [1.54, 1.807) is 43.3 Å². The Hall–Kier alpha value is -2.34. The minimum atomic E-state index is -3.67. The molecular weight excluding hydrogens is 300 g/mol. The predicted molar refractivity (Wildman–Crippen MR) is 87.5 cm³/mol. The van der Waals surface area contributed by atoms with Crippen LogP contribution >= 0.6 is 0 Å². The molecule has 0 fully saturated rings. The lowest BCUT2D eigenvalue weighted by Crippen LogP contribution is -2.15. The van der Waals surface area contributed by atoms with Crippen molar-refractivity contribution in [2.24, 2.45) is 0 Å². The first-order chi connectivity index (χ1) is 10.3. The van der Waals surface area contributed by atoms with Gasteiger partial charge in [0, 0.05) is 12.6 Å². The molecule has 5 nitrogen and oxygen atoms in total. The minimum absolute atomic E-state index is 0.213. The van der Waals surface area contributed by atoms with Crippen molar-refractivity contribution in [2.45, 2.75) is 25.7 Å². The maximum atomic E-state index is 12.5. The second-order valence-electron chi connectivity index (χ2n) is 5.14. The largest absolute Gasteiger partial charge is 0.326 e. The lowest BCUT2D eigenvalue weighted by atomic mass is 10.2. The quantitative estimate of drug-likeness (QED) is 0.909. The van der Waals surface area contributed by atoms with E-state index >= 15 is 0 Å². The van der Waals surface area contributed by atoms with E-state index in [0.29, 0.717) is 16.9 Å². The first-order valence-electron chi connectivity index (χ1n) is 6.76. The summed E-state index contributed by atoms with van der Waals surface area (Å²) in [5, 5.41) is 2.62. The molecule has 0 unspecified atom stereocenters. The molecule has 1 amide bonds. The summed E-state index contributed by atoms with van der Waals surface area (Å²) in [6.07, 6.45) is 0. The molecule has 0 heterocycles. The van der Waals surface area contributed by atoms with Gasteiger partial charge in [-0.05, 0) is 49.2 Å². The zero-order valence-electron chi connectivity index (χ0n) is 12.7. The van der Waals surface area contributed by atoms with E-state index in [1.165, 1.54) is 6.92 Å². The topological polar surface area (TPSA) is 75.3 Å². The molecule has 0 atom stereocenters. The molecule has 0 aliphatic rings. The van der Waals surface area contributed by atoms with Crippen molar-refractivity contribution in [1.29, 1.82) is 0 Å². The van der Waals surface area contributed by atoms with Crippen LogP contribution in [-0.2, 0) is 14.8 Å². The van der Waals surface area contributed by atoms with Crippen LogP contribution in [0.15, 0.2) is 47.4 Å². The number of anilines is 2. The predicted octanol–water partition coefficient (Wildman–Crippen LogP) is 3.06. The third kappa shape index (κ3) is 3.85. The zero-order chi connectivity index (χ0) is 16.3. The Kier molecular flexibility index (Phi) is 4.51. The minimum Gasteiger partial charge on any atom is -0.326 e. The van der Waals surface area contributed by atoms with Crippen LogP contribution in [0.25, 0.3) is 0 Å². The summed E-state index contributed by atoms with van der Waals surface area (Å²) in [6.45, 7) is 4.99. The third-order valence-electron chi connectivity index (χ3n) is 3.07. The fraction of sp³-hybridized carbons (Fsp3) is 0.188. The third-order valence-corrected chi connectivity index (χ3v) is 4.59. The summed E-state index contributed by atoms with van der Waals surface area (Å²) in [7, 11) is -3.67. The molecule has 2 N–H and O–H groups in total. The maximum absolute atomic E-state index is 12.5. The van der Waals surface area contributed by atoms with Gasteiger partial charge in [-0.3, -0.25) is 9.52 Å². The van der Waals surface area contributed by atoms with Crippen LogP contribution in [0.3, 0.4) is 0 Å². The van der Waals surface area contributed by atoms with Crippen LogP contribution in [-0.4, -0.2) is 14.3 Å². The molecule has 0 saturated carbocycles. The van der Waals surface area contributed by atoms with Gasteiger partial charge in [0.1, 0.15) is 0 Å². The Balaban J connectivity index is 2.33. The SMILES string of the molecule is CC(=O)Nc1cccc(NS(=O)(=O)c2cc(C)ccc2C)c1. The number of nitrogens with one attached hydrogen (secondary N) is 2. The van der Waals surface area contributed by atoms with Crippen LogP contribution in [0.1, 0.15) is 18.1 Å².